The standard InChI is InChI=1S/C23H36O3/c1-15(24)18-6-7-19-17-5-4-16-14-23(25-12-13-26-23)11-10-21(16,2)20(17)8-9-22(18,19)3/h4,15,17-20,24H,5-14H2,1-3H3/t15-,17?,18-,19?,20?,21+,22-/m1/s1/i1D3,15D,18D. The van der Waals surface area contributed by atoms with Crippen molar-refractivity contribution in [2.45, 2.75) is 83.9 Å². The number of ether oxygens (including phenoxy) is 2. The molecule has 0 radical (unpaired) electrons. The molecule has 0 aromatic rings. The van der Waals surface area contributed by atoms with Gasteiger partial charge in [0.1, 0.15) is 0 Å². The zero-order valence-corrected chi connectivity index (χ0v) is 16.1. The van der Waals surface area contributed by atoms with E-state index in [0.29, 0.717) is 37.9 Å². The van der Waals surface area contributed by atoms with Crippen molar-refractivity contribution in [3.63, 3.8) is 0 Å². The van der Waals surface area contributed by atoms with Crippen LogP contribution in [0.5, 0.6) is 0 Å². The van der Waals surface area contributed by atoms with Crippen LogP contribution in [0.25, 0.3) is 0 Å². The Bertz CT molecular complexity index is 789. The summed E-state index contributed by atoms with van der Waals surface area (Å²) in [4.78, 5) is 0. The number of aliphatic hydroxyl groups is 1. The zero-order valence-electron chi connectivity index (χ0n) is 21.1. The summed E-state index contributed by atoms with van der Waals surface area (Å²) >= 11 is 0. The Kier molecular flexibility index (Phi) is 2.90. The van der Waals surface area contributed by atoms with Crippen LogP contribution in [0.15, 0.2) is 11.6 Å². The third kappa shape index (κ3) is 2.29. The van der Waals surface area contributed by atoms with Gasteiger partial charge < -0.3 is 14.6 Å². The first kappa shape index (κ1) is 13.0. The minimum Gasteiger partial charge on any atom is -0.393 e. The first-order valence-corrected chi connectivity index (χ1v) is 10.5. The van der Waals surface area contributed by atoms with Crippen LogP contribution in [0.2, 0.25) is 0 Å². The lowest BCUT2D eigenvalue weighted by molar-refractivity contribution is -0.185. The molecule has 26 heavy (non-hydrogen) atoms. The molecule has 0 amide bonds. The molecule has 0 aromatic heterocycles. The molecule has 5 rings (SSSR count). The molecule has 0 bridgehead atoms. The smallest absolute Gasteiger partial charge is 0.172 e. The van der Waals surface area contributed by atoms with Crippen LogP contribution in [-0.2, 0) is 9.47 Å². The molecule has 1 aliphatic heterocycles. The van der Waals surface area contributed by atoms with Gasteiger partial charge in [-0.2, -0.15) is 0 Å². The van der Waals surface area contributed by atoms with Gasteiger partial charge in [0.25, 0.3) is 0 Å². The third-order valence-corrected chi connectivity index (χ3v) is 8.99. The number of fused-ring (bicyclic) bond motifs is 5. The van der Waals surface area contributed by atoms with Crippen LogP contribution in [0.4, 0.5) is 0 Å². The second-order valence-corrected chi connectivity index (χ2v) is 9.87. The molecule has 3 saturated carbocycles. The van der Waals surface area contributed by atoms with Crippen LogP contribution >= 0.6 is 0 Å². The summed E-state index contributed by atoms with van der Waals surface area (Å²) in [5, 5.41) is 10.8. The van der Waals surface area contributed by atoms with Gasteiger partial charge in [-0.1, -0.05) is 25.5 Å². The molecule has 4 fully saturated rings. The summed E-state index contributed by atoms with van der Waals surface area (Å²) in [7, 11) is 0. The van der Waals surface area contributed by atoms with Gasteiger partial charge in [0.05, 0.1) is 20.7 Å². The van der Waals surface area contributed by atoms with Crippen molar-refractivity contribution < 1.29 is 21.4 Å². The first-order chi connectivity index (χ1) is 14.3. The lowest BCUT2D eigenvalue weighted by Gasteiger charge is -2.59. The molecular formula is C23H36O3. The Labute approximate surface area is 165 Å². The maximum Gasteiger partial charge on any atom is 0.172 e. The Morgan fingerprint density at radius 2 is 2.00 bits per heavy atom. The van der Waals surface area contributed by atoms with E-state index in [1.807, 2.05) is 6.92 Å². The molecule has 5 aliphatic rings. The SMILES string of the molecule is [2H]C([2H])([2H])[C@@]([2H])(O)[C@@]1([2H])CCC2C3CC=C4CC5(CC[C@]4(C)C3CC[C@@]21C)OCCO5. The predicted octanol–water partition coefficient (Wildman–Crippen LogP) is 4.69. The Morgan fingerprint density at radius 3 is 2.77 bits per heavy atom. The lowest BCUT2D eigenvalue weighted by Crippen LogP contribution is -2.52. The normalized spacial score (nSPS) is 58.0. The molecular weight excluding hydrogens is 324 g/mol. The highest BCUT2D eigenvalue weighted by Gasteiger charge is 2.60. The van der Waals surface area contributed by atoms with E-state index in [1.165, 1.54) is 5.57 Å². The minimum atomic E-state index is -2.89. The molecule has 1 N–H and O–H groups in total. The Morgan fingerprint density at radius 1 is 1.19 bits per heavy atom. The van der Waals surface area contributed by atoms with Gasteiger partial charge in [-0.15, -0.1) is 0 Å². The van der Waals surface area contributed by atoms with Crippen molar-refractivity contribution in [1.29, 1.82) is 0 Å². The van der Waals surface area contributed by atoms with Crippen molar-refractivity contribution in [3.8, 4) is 0 Å². The molecule has 4 aliphatic carbocycles. The molecule has 1 spiro atoms. The van der Waals surface area contributed by atoms with Crippen LogP contribution < -0.4 is 0 Å². The summed E-state index contributed by atoms with van der Waals surface area (Å²) in [6.07, 6.45) is 5.89. The van der Waals surface area contributed by atoms with Gasteiger partial charge in [-0.3, -0.25) is 0 Å². The Hall–Kier alpha value is -0.380. The second-order valence-electron chi connectivity index (χ2n) is 9.87. The van der Waals surface area contributed by atoms with Crippen LogP contribution in [0.3, 0.4) is 0 Å². The van der Waals surface area contributed by atoms with Crippen molar-refractivity contribution >= 4 is 0 Å². The van der Waals surface area contributed by atoms with Gasteiger partial charge in [0.15, 0.2) is 5.79 Å². The quantitative estimate of drug-likeness (QED) is 0.685. The molecule has 146 valence electrons. The molecule has 1 saturated heterocycles. The largest absolute Gasteiger partial charge is 0.393 e. The number of allylic oxidation sites excluding steroid dienone is 1. The molecule has 7 atom stereocenters. The van der Waals surface area contributed by atoms with E-state index >= 15 is 0 Å². The summed E-state index contributed by atoms with van der Waals surface area (Å²) in [5.41, 5.74) is 0.855. The average molecular weight is 366 g/mol. The summed E-state index contributed by atoms with van der Waals surface area (Å²) in [6.45, 7) is 2.81. The molecule has 3 unspecified atom stereocenters. The summed E-state index contributed by atoms with van der Waals surface area (Å²) < 4.78 is 52.9. The van der Waals surface area contributed by atoms with Gasteiger partial charge in [-0.25, -0.2) is 0 Å². The molecule has 0 aromatic carbocycles. The second kappa shape index (κ2) is 5.81. The van der Waals surface area contributed by atoms with Crippen molar-refractivity contribution in [2.24, 2.45) is 34.5 Å². The zero-order chi connectivity index (χ0) is 22.5. The van der Waals surface area contributed by atoms with Crippen LogP contribution in [0, 0.1) is 34.5 Å². The highest BCUT2D eigenvalue weighted by atomic mass is 16.7. The van der Waals surface area contributed by atoms with Gasteiger partial charge in [-0.05, 0) is 79.9 Å². The number of rotatable bonds is 1. The maximum atomic E-state index is 10.8. The van der Waals surface area contributed by atoms with Gasteiger partial charge >= 0.3 is 0 Å². The monoisotopic (exact) mass is 365 g/mol. The first-order valence-electron chi connectivity index (χ1n) is 13.0. The van der Waals surface area contributed by atoms with E-state index in [9.17, 15) is 5.11 Å². The van der Waals surface area contributed by atoms with Crippen molar-refractivity contribution in [1.82, 2.24) is 0 Å². The lowest BCUT2D eigenvalue weighted by atomic mass is 9.47. The molecule has 3 nitrogen and oxygen atoms in total. The van der Waals surface area contributed by atoms with Gasteiger partial charge in [0, 0.05) is 18.3 Å². The fourth-order valence-corrected chi connectivity index (χ4v) is 7.55. The fourth-order valence-electron chi connectivity index (χ4n) is 7.55. The van der Waals surface area contributed by atoms with Crippen LogP contribution in [0.1, 0.15) is 78.9 Å². The van der Waals surface area contributed by atoms with E-state index in [-0.39, 0.29) is 17.8 Å². The van der Waals surface area contributed by atoms with Crippen LogP contribution in [-0.4, -0.2) is 30.2 Å². The molecule has 1 heterocycles. The topological polar surface area (TPSA) is 38.7 Å². The highest BCUT2D eigenvalue weighted by molar-refractivity contribution is 5.26. The highest BCUT2D eigenvalue weighted by Crippen LogP contribution is 2.67. The molecule has 3 heteroatoms. The van der Waals surface area contributed by atoms with Crippen molar-refractivity contribution in [3.05, 3.63) is 11.6 Å². The number of hydrogen-bond donors (Lipinski definition) is 1. The third-order valence-electron chi connectivity index (χ3n) is 8.99. The van der Waals surface area contributed by atoms with E-state index < -0.39 is 30.0 Å². The summed E-state index contributed by atoms with van der Waals surface area (Å²) in [6, 6.07) is 0. The maximum absolute atomic E-state index is 10.8. The van der Waals surface area contributed by atoms with E-state index in [1.54, 1.807) is 0 Å². The minimum absolute atomic E-state index is 0.0827. The Balaban J connectivity index is 1.46. The fraction of sp³-hybridized carbons (Fsp3) is 0.913. The predicted molar refractivity (Wildman–Crippen MR) is 102 cm³/mol. The van der Waals surface area contributed by atoms with E-state index in [2.05, 4.69) is 13.0 Å². The summed E-state index contributed by atoms with van der Waals surface area (Å²) in [5.74, 6) is -1.11. The van der Waals surface area contributed by atoms with Gasteiger partial charge in [0.2, 0.25) is 0 Å². The number of hydrogen-bond acceptors (Lipinski definition) is 3. The average Bonchev–Trinajstić information content (AvgIpc) is 3.25. The van der Waals surface area contributed by atoms with E-state index in [0.717, 1.165) is 32.1 Å². The van der Waals surface area contributed by atoms with E-state index in [4.69, 9.17) is 16.3 Å². The van der Waals surface area contributed by atoms with Crippen molar-refractivity contribution in [2.75, 3.05) is 13.2 Å².